The first-order valence-electron chi connectivity index (χ1n) is 9.84. The van der Waals surface area contributed by atoms with Crippen LogP contribution in [0.25, 0.3) is 11.0 Å². The maximum absolute atomic E-state index is 12.8. The number of piperidine rings is 2. The molecule has 2 saturated heterocycles. The third kappa shape index (κ3) is 3.38. The van der Waals surface area contributed by atoms with E-state index in [9.17, 15) is 19.5 Å². The highest BCUT2D eigenvalue weighted by molar-refractivity contribution is 6.00. The lowest BCUT2D eigenvalue weighted by Gasteiger charge is -2.31. The lowest BCUT2D eigenvalue weighted by atomic mass is 9.97. The second kappa shape index (κ2) is 7.52. The van der Waals surface area contributed by atoms with Crippen molar-refractivity contribution in [3.05, 3.63) is 34.2 Å². The van der Waals surface area contributed by atoms with Gasteiger partial charge in [0.15, 0.2) is 0 Å². The zero-order valence-electron chi connectivity index (χ0n) is 16.1. The number of aliphatic hydroxyl groups excluding tert-OH is 1. The van der Waals surface area contributed by atoms with Gasteiger partial charge in [-0.15, -0.1) is 0 Å². The van der Waals surface area contributed by atoms with Gasteiger partial charge in [0.2, 0.25) is 11.8 Å². The number of likely N-dealkylation sites (tertiary alicyclic amines) is 1. The summed E-state index contributed by atoms with van der Waals surface area (Å²) in [5, 5.41) is 11.6. The molecule has 0 spiro atoms. The normalized spacial score (nSPS) is 22.0. The maximum Gasteiger partial charge on any atom is 0.329 e. The molecule has 8 heteroatoms. The van der Waals surface area contributed by atoms with Crippen molar-refractivity contribution in [3.63, 3.8) is 0 Å². The second-order valence-corrected chi connectivity index (χ2v) is 7.90. The van der Waals surface area contributed by atoms with Crippen LogP contribution in [0.4, 0.5) is 0 Å². The Morgan fingerprint density at radius 3 is 2.54 bits per heavy atom. The van der Waals surface area contributed by atoms with Crippen molar-refractivity contribution in [2.75, 3.05) is 19.7 Å². The van der Waals surface area contributed by atoms with Crippen LogP contribution in [0.5, 0.6) is 0 Å². The quantitative estimate of drug-likeness (QED) is 0.747. The smallest absolute Gasteiger partial charge is 0.329 e. The Kier molecular flexibility index (Phi) is 5.07. The molecule has 1 atom stereocenters. The Bertz CT molecular complexity index is 968. The Morgan fingerprint density at radius 1 is 1.11 bits per heavy atom. The first kappa shape index (κ1) is 18.9. The minimum absolute atomic E-state index is 0.237. The molecular weight excluding hydrogens is 360 g/mol. The first-order chi connectivity index (χ1) is 13.5. The summed E-state index contributed by atoms with van der Waals surface area (Å²) in [7, 11) is 1.71. The van der Waals surface area contributed by atoms with Crippen molar-refractivity contribution in [3.8, 4) is 0 Å². The van der Waals surface area contributed by atoms with Crippen molar-refractivity contribution < 1.29 is 14.7 Å². The van der Waals surface area contributed by atoms with Crippen molar-refractivity contribution in [1.29, 1.82) is 0 Å². The standard InChI is InChI=1S/C20H26N4O4/c1-22-17-10-14(11-23-8-6-13(12-25)7-9-23)2-3-15(17)24(20(22)28)16-4-5-18(26)21-19(16)27/h2-3,10,13,16,25H,4-9,11-12H2,1H3,(H,21,26,27). The summed E-state index contributed by atoms with van der Waals surface area (Å²) < 4.78 is 3.08. The fraction of sp³-hybridized carbons (Fsp3) is 0.550. The van der Waals surface area contributed by atoms with E-state index >= 15 is 0 Å². The van der Waals surface area contributed by atoms with Crippen LogP contribution < -0.4 is 11.0 Å². The van der Waals surface area contributed by atoms with E-state index < -0.39 is 11.9 Å². The van der Waals surface area contributed by atoms with Crippen LogP contribution in [-0.2, 0) is 23.2 Å². The summed E-state index contributed by atoms with van der Waals surface area (Å²) in [6.07, 6.45) is 2.58. The van der Waals surface area contributed by atoms with Crippen molar-refractivity contribution in [2.24, 2.45) is 13.0 Å². The van der Waals surface area contributed by atoms with E-state index in [1.54, 1.807) is 11.6 Å². The second-order valence-electron chi connectivity index (χ2n) is 7.90. The van der Waals surface area contributed by atoms with Gasteiger partial charge in [0, 0.05) is 26.6 Å². The molecule has 1 aromatic carbocycles. The monoisotopic (exact) mass is 386 g/mol. The number of fused-ring (bicyclic) bond motifs is 1. The molecule has 2 amide bonds. The number of aromatic nitrogens is 2. The highest BCUT2D eigenvalue weighted by atomic mass is 16.3. The number of aliphatic hydroxyl groups is 1. The number of aryl methyl sites for hydroxylation is 1. The van der Waals surface area contributed by atoms with Gasteiger partial charge in [-0.05, 0) is 56.0 Å². The zero-order valence-corrected chi connectivity index (χ0v) is 16.1. The zero-order chi connectivity index (χ0) is 19.8. The van der Waals surface area contributed by atoms with E-state index in [0.717, 1.165) is 43.6 Å². The number of imidazole rings is 1. The lowest BCUT2D eigenvalue weighted by Crippen LogP contribution is -2.44. The Morgan fingerprint density at radius 2 is 1.86 bits per heavy atom. The van der Waals surface area contributed by atoms with Crippen molar-refractivity contribution in [1.82, 2.24) is 19.4 Å². The molecule has 8 nitrogen and oxygen atoms in total. The minimum atomic E-state index is -0.655. The van der Waals surface area contributed by atoms with E-state index in [0.29, 0.717) is 17.9 Å². The summed E-state index contributed by atoms with van der Waals surface area (Å²) in [6, 6.07) is 5.26. The van der Waals surface area contributed by atoms with Gasteiger partial charge in [-0.1, -0.05) is 6.07 Å². The summed E-state index contributed by atoms with van der Waals surface area (Å²) in [5.74, 6) is -0.300. The van der Waals surface area contributed by atoms with Crippen LogP contribution >= 0.6 is 0 Å². The van der Waals surface area contributed by atoms with Crippen molar-refractivity contribution in [2.45, 2.75) is 38.3 Å². The summed E-state index contributed by atoms with van der Waals surface area (Å²) >= 11 is 0. The van der Waals surface area contributed by atoms with E-state index in [4.69, 9.17) is 0 Å². The first-order valence-corrected chi connectivity index (χ1v) is 9.84. The average molecular weight is 386 g/mol. The number of nitrogens with zero attached hydrogens (tertiary/aromatic N) is 3. The van der Waals surface area contributed by atoms with E-state index in [-0.39, 0.29) is 24.6 Å². The van der Waals surface area contributed by atoms with Crippen LogP contribution in [0.15, 0.2) is 23.0 Å². The number of hydrogen-bond donors (Lipinski definition) is 2. The average Bonchev–Trinajstić information content (AvgIpc) is 2.93. The van der Waals surface area contributed by atoms with Gasteiger partial charge in [-0.25, -0.2) is 4.79 Å². The van der Waals surface area contributed by atoms with Gasteiger partial charge < -0.3 is 5.11 Å². The molecular formula is C20H26N4O4. The molecule has 28 heavy (non-hydrogen) atoms. The number of benzene rings is 1. The Hall–Kier alpha value is -2.45. The molecule has 0 saturated carbocycles. The molecule has 2 aliphatic rings. The van der Waals surface area contributed by atoms with Crippen LogP contribution in [0.3, 0.4) is 0 Å². The molecule has 0 aliphatic carbocycles. The molecule has 1 aromatic heterocycles. The number of nitrogens with one attached hydrogen (secondary N) is 1. The van der Waals surface area contributed by atoms with E-state index in [2.05, 4.69) is 10.2 Å². The number of carbonyl (C=O) groups is 2. The van der Waals surface area contributed by atoms with Crippen LogP contribution in [-0.4, -0.2) is 50.7 Å². The number of imide groups is 1. The molecule has 1 unspecified atom stereocenters. The Labute approximate surface area is 162 Å². The van der Waals surface area contributed by atoms with Gasteiger partial charge >= 0.3 is 5.69 Å². The molecule has 2 N–H and O–H groups in total. The molecule has 3 heterocycles. The van der Waals surface area contributed by atoms with Gasteiger partial charge in [0.05, 0.1) is 11.0 Å². The summed E-state index contributed by atoms with van der Waals surface area (Å²) in [6.45, 7) is 2.97. The molecule has 2 aliphatic heterocycles. The number of amides is 2. The van der Waals surface area contributed by atoms with Gasteiger partial charge in [0.1, 0.15) is 6.04 Å². The number of rotatable bonds is 4. The predicted molar refractivity (Wildman–Crippen MR) is 104 cm³/mol. The largest absolute Gasteiger partial charge is 0.396 e. The molecule has 4 rings (SSSR count). The van der Waals surface area contributed by atoms with Gasteiger partial charge in [0.25, 0.3) is 0 Å². The molecule has 0 bridgehead atoms. The number of hydrogen-bond acceptors (Lipinski definition) is 5. The van der Waals surface area contributed by atoms with E-state index in [1.807, 2.05) is 18.2 Å². The molecule has 2 fully saturated rings. The summed E-state index contributed by atoms with van der Waals surface area (Å²) in [4.78, 5) is 38.9. The Balaban J connectivity index is 1.61. The lowest BCUT2D eigenvalue weighted by molar-refractivity contribution is -0.135. The fourth-order valence-corrected chi connectivity index (χ4v) is 4.32. The van der Waals surface area contributed by atoms with Gasteiger partial charge in [-0.3, -0.25) is 28.9 Å². The molecule has 2 aromatic rings. The van der Waals surface area contributed by atoms with Crippen molar-refractivity contribution >= 4 is 22.8 Å². The fourth-order valence-electron chi connectivity index (χ4n) is 4.32. The van der Waals surface area contributed by atoms with E-state index in [1.165, 1.54) is 4.57 Å². The highest BCUT2D eigenvalue weighted by Crippen LogP contribution is 2.25. The number of carbonyl (C=O) groups excluding carboxylic acids is 2. The highest BCUT2D eigenvalue weighted by Gasteiger charge is 2.31. The third-order valence-electron chi connectivity index (χ3n) is 6.05. The van der Waals surface area contributed by atoms with Crippen LogP contribution in [0.1, 0.15) is 37.3 Å². The van der Waals surface area contributed by atoms with Crippen LogP contribution in [0.2, 0.25) is 0 Å². The summed E-state index contributed by atoms with van der Waals surface area (Å²) in [5.41, 5.74) is 2.37. The van der Waals surface area contributed by atoms with Crippen LogP contribution in [0, 0.1) is 5.92 Å². The molecule has 150 valence electrons. The van der Waals surface area contributed by atoms with Gasteiger partial charge in [-0.2, -0.15) is 0 Å². The predicted octanol–water partition coefficient (Wildman–Crippen LogP) is 0.522. The SMILES string of the molecule is Cn1c(=O)n(C2CCC(=O)NC2=O)c2ccc(CN3CCC(CO)CC3)cc21. The third-order valence-corrected chi connectivity index (χ3v) is 6.05. The molecule has 0 radical (unpaired) electrons. The maximum atomic E-state index is 12.8. The topological polar surface area (TPSA) is 96.6 Å². The minimum Gasteiger partial charge on any atom is -0.396 e.